The van der Waals surface area contributed by atoms with Crippen LogP contribution in [0.4, 0.5) is 26.3 Å². The number of piperidine rings is 1. The van der Waals surface area contributed by atoms with Gasteiger partial charge in [-0.2, -0.15) is 26.3 Å². The average Bonchev–Trinajstić information content (AvgIpc) is 3.38. The molecule has 0 radical (unpaired) electrons. The molecule has 1 saturated heterocycles. The molecule has 4 heterocycles. The van der Waals surface area contributed by atoms with Gasteiger partial charge in [-0.15, -0.1) is 16.4 Å². The first kappa shape index (κ1) is 20.1. The van der Waals surface area contributed by atoms with Crippen molar-refractivity contribution < 1.29 is 43.4 Å². The van der Waals surface area contributed by atoms with E-state index in [4.69, 9.17) is 7.48 Å². The van der Waals surface area contributed by atoms with Crippen LogP contribution in [-0.2, 0) is 28.3 Å². The van der Waals surface area contributed by atoms with Gasteiger partial charge in [0.2, 0.25) is 0 Å². The van der Waals surface area contributed by atoms with E-state index in [0.717, 1.165) is 10.9 Å². The number of amides is 1. The van der Waals surface area contributed by atoms with E-state index in [0.29, 0.717) is 11.0 Å². The highest BCUT2D eigenvalue weighted by atomic mass is 32.1. The van der Waals surface area contributed by atoms with Crippen LogP contribution in [0.3, 0.4) is 0 Å². The van der Waals surface area contributed by atoms with Gasteiger partial charge in [0.15, 0.2) is 5.78 Å². The van der Waals surface area contributed by atoms with Crippen molar-refractivity contribution in [1.82, 2.24) is 19.9 Å². The summed E-state index contributed by atoms with van der Waals surface area (Å²) in [4.78, 5) is 24.0. The maximum Gasteiger partial charge on any atom is 0.471 e. The Morgan fingerprint density at radius 3 is 2.62 bits per heavy atom. The second-order valence-electron chi connectivity index (χ2n) is 7.66. The van der Waals surface area contributed by atoms with Crippen LogP contribution in [0.15, 0.2) is 12.3 Å². The number of thiophene rings is 1. The van der Waals surface area contributed by atoms with Crippen molar-refractivity contribution in [3.63, 3.8) is 0 Å². The lowest BCUT2D eigenvalue weighted by Gasteiger charge is -2.50. The van der Waals surface area contributed by atoms with Crippen LogP contribution in [0.1, 0.15) is 54.4 Å². The number of alkyl halides is 6. The number of nitrogens with zero attached hydrogens (tertiary/aromatic N) is 4. The molecule has 1 fully saturated rings. The summed E-state index contributed by atoms with van der Waals surface area (Å²) in [6.45, 7) is -0.968. The molecule has 0 bridgehead atoms. The van der Waals surface area contributed by atoms with Gasteiger partial charge in [0, 0.05) is 39.1 Å². The molecule has 4 rings (SSSR count). The lowest BCUT2D eigenvalue weighted by atomic mass is 9.86. The summed E-state index contributed by atoms with van der Waals surface area (Å²) in [6.07, 6.45) is -9.70. The van der Waals surface area contributed by atoms with Gasteiger partial charge >= 0.3 is 18.3 Å². The largest absolute Gasteiger partial charge is 0.471 e. The number of Topliss-reactive ketones (excluding diaryl/α,β-unsaturated/α-hetero) is 1. The summed E-state index contributed by atoms with van der Waals surface area (Å²) in [5, 5.41) is 7.25. The molecule has 0 aromatic carbocycles. The predicted molar refractivity (Wildman–Crippen MR) is 96.6 cm³/mol. The van der Waals surface area contributed by atoms with E-state index in [-0.39, 0.29) is 33.9 Å². The Kier molecular flexibility index (Phi) is 4.58. The first-order chi connectivity index (χ1) is 15.6. The molecule has 14 heteroatoms. The summed E-state index contributed by atoms with van der Waals surface area (Å²) in [5.74, 6) is -2.88. The van der Waals surface area contributed by atoms with Gasteiger partial charge in [-0.1, -0.05) is 5.21 Å². The fourth-order valence-corrected chi connectivity index (χ4v) is 5.49. The maximum absolute atomic E-state index is 13.4. The van der Waals surface area contributed by atoms with Crippen molar-refractivity contribution in [2.24, 2.45) is 7.00 Å². The fraction of sp³-hybridized carbons (Fsp3) is 0.556. The molecular formula is C18H16F6N4O3S. The number of carbonyl (C=O) groups excluding carboxylic acids is 2. The van der Waals surface area contributed by atoms with Gasteiger partial charge in [-0.05, 0) is 13.0 Å². The van der Waals surface area contributed by atoms with Crippen LogP contribution in [-0.4, -0.2) is 50.4 Å². The summed E-state index contributed by atoms with van der Waals surface area (Å²) < 4.78 is 102. The highest BCUT2D eigenvalue weighted by molar-refractivity contribution is 7.12. The second-order valence-corrected chi connectivity index (χ2v) is 8.72. The van der Waals surface area contributed by atoms with Gasteiger partial charge in [0.25, 0.3) is 0 Å². The third kappa shape index (κ3) is 3.68. The Bertz CT molecular complexity index is 1130. The number of carbonyl (C=O) groups is 2. The highest BCUT2D eigenvalue weighted by Crippen LogP contribution is 2.53. The molecule has 2 aliphatic rings. The van der Waals surface area contributed by atoms with Crippen molar-refractivity contribution in [1.29, 1.82) is 0 Å². The molecule has 1 amide bonds. The van der Waals surface area contributed by atoms with Crippen LogP contribution < -0.4 is 0 Å². The second kappa shape index (κ2) is 7.27. The highest BCUT2D eigenvalue weighted by Gasteiger charge is 2.56. The molecule has 0 N–H and O–H groups in total. The average molecular weight is 485 g/mol. The van der Waals surface area contributed by atoms with Gasteiger partial charge in [-0.3, -0.25) is 14.3 Å². The van der Waals surface area contributed by atoms with Crippen LogP contribution in [0.5, 0.6) is 0 Å². The van der Waals surface area contributed by atoms with Crippen LogP contribution in [0, 0.1) is 0 Å². The van der Waals surface area contributed by atoms with Gasteiger partial charge in [0.05, 0.1) is 12.2 Å². The molecule has 2 aromatic rings. The number of hydrogen-bond donors (Lipinski definition) is 0. The SMILES string of the molecule is [2H]C([2H])n1cc([C@@H]2[13CH2][C@]3(C[C@H](C)N2C(=O)C(F)(F)F)OCC(=O)c2cc(C(F)(F)F)sc23)nn1. The van der Waals surface area contributed by atoms with Crippen LogP contribution in [0.25, 0.3) is 0 Å². The smallest absolute Gasteiger partial charge is 0.361 e. The lowest BCUT2D eigenvalue weighted by Crippen LogP contribution is -2.56. The van der Waals surface area contributed by atoms with Crippen molar-refractivity contribution in [2.45, 2.75) is 49.8 Å². The molecule has 32 heavy (non-hydrogen) atoms. The number of halogens is 6. The molecule has 0 aliphatic carbocycles. The number of likely N-dealkylation sites (tertiary alicyclic amines) is 1. The third-order valence-electron chi connectivity index (χ3n) is 5.51. The van der Waals surface area contributed by atoms with Crippen LogP contribution >= 0.6 is 11.3 Å². The molecule has 0 unspecified atom stereocenters. The van der Waals surface area contributed by atoms with E-state index in [2.05, 4.69) is 10.3 Å². The molecule has 2 aliphatic heterocycles. The summed E-state index contributed by atoms with van der Waals surface area (Å²) in [6, 6.07) is -1.93. The minimum atomic E-state index is -5.25. The number of ether oxygens (including phenoxy) is 1. The fourth-order valence-electron chi connectivity index (χ4n) is 4.28. The van der Waals surface area contributed by atoms with Crippen molar-refractivity contribution in [3.8, 4) is 0 Å². The Labute approximate surface area is 183 Å². The van der Waals surface area contributed by atoms with Gasteiger partial charge < -0.3 is 9.64 Å². The van der Waals surface area contributed by atoms with Crippen LogP contribution in [0.2, 0.25) is 0 Å². The molecule has 174 valence electrons. The zero-order valence-electron chi connectivity index (χ0n) is 18.2. The quantitative estimate of drug-likeness (QED) is 0.456. The van der Waals surface area contributed by atoms with Gasteiger partial charge in [0.1, 0.15) is 22.8 Å². The molecule has 2 aromatic heterocycles. The number of hydrogen-bond acceptors (Lipinski definition) is 6. The Morgan fingerprint density at radius 2 is 2.03 bits per heavy atom. The van der Waals surface area contributed by atoms with Gasteiger partial charge in [-0.25, -0.2) is 0 Å². The molecular weight excluding hydrogens is 467 g/mol. The van der Waals surface area contributed by atoms with Crippen molar-refractivity contribution in [3.05, 3.63) is 33.3 Å². The number of aryl methyl sites for hydroxylation is 1. The molecule has 3 atom stereocenters. The van der Waals surface area contributed by atoms with E-state index in [9.17, 15) is 35.9 Å². The number of ketones is 1. The Morgan fingerprint density at radius 1 is 1.31 bits per heavy atom. The minimum Gasteiger partial charge on any atom is -0.361 e. The Hall–Kier alpha value is -2.48. The minimum absolute atomic E-state index is 0.0710. The van der Waals surface area contributed by atoms with E-state index in [1.165, 1.54) is 6.92 Å². The maximum atomic E-state index is 13.4. The number of aromatic nitrogens is 3. The normalized spacial score (nSPS) is 27.5. The lowest BCUT2D eigenvalue weighted by molar-refractivity contribution is -0.200. The van der Waals surface area contributed by atoms with Crippen molar-refractivity contribution in [2.75, 3.05) is 6.61 Å². The summed E-state index contributed by atoms with van der Waals surface area (Å²) >= 11 is 0.278. The first-order valence-electron chi connectivity index (χ1n) is 10.3. The summed E-state index contributed by atoms with van der Waals surface area (Å²) in [7, 11) is 0. The predicted octanol–water partition coefficient (Wildman–Crippen LogP) is 3.62. The van der Waals surface area contributed by atoms with E-state index in [1.807, 2.05) is 0 Å². The first-order valence-corrected chi connectivity index (χ1v) is 10.00. The molecule has 7 nitrogen and oxygen atoms in total. The zero-order valence-corrected chi connectivity index (χ0v) is 17.0. The van der Waals surface area contributed by atoms with E-state index in [1.54, 1.807) is 0 Å². The molecule has 0 saturated carbocycles. The number of fused-ring (bicyclic) bond motifs is 2. The monoisotopic (exact) mass is 485 g/mol. The standard InChI is InChI=1S/C18H16F6N4O3S/c1-8-4-16(14-9(12(29)7-31-16)3-13(32-14)17(19,20)21)5-11(10-6-27(2)26-25-10)28(8)15(30)18(22,23)24/h3,6,8,11H,4-5,7H2,1-2H3/t8-,11-,16-/m0/s1/i2D2,5+1. The summed E-state index contributed by atoms with van der Waals surface area (Å²) in [5.41, 5.74) is -2.00. The van der Waals surface area contributed by atoms with E-state index < -0.39 is 66.6 Å². The molecule has 1 spiro atoms. The Balaban J connectivity index is 1.84. The third-order valence-corrected chi connectivity index (χ3v) is 6.88. The van der Waals surface area contributed by atoms with E-state index >= 15 is 0 Å². The van der Waals surface area contributed by atoms with Crippen molar-refractivity contribution >= 4 is 23.0 Å². The zero-order chi connectivity index (χ0) is 25.2. The topological polar surface area (TPSA) is 77.3 Å². The number of rotatable bonds is 1.